The molecule has 0 aliphatic rings. The van der Waals surface area contributed by atoms with Crippen LogP contribution >= 0.6 is 0 Å². The van der Waals surface area contributed by atoms with E-state index in [-0.39, 0.29) is 6.61 Å². The first kappa shape index (κ1) is 23.1. The number of benzene rings is 4. The Balaban J connectivity index is 1.75. The molecule has 0 saturated carbocycles. The second kappa shape index (κ2) is 10.7. The second-order valence-corrected chi connectivity index (χ2v) is 8.10. The quantitative estimate of drug-likeness (QED) is 0.239. The van der Waals surface area contributed by atoms with E-state index in [2.05, 4.69) is 6.92 Å². The molecule has 4 aromatic carbocycles. The highest BCUT2D eigenvalue weighted by molar-refractivity contribution is 6.12. The van der Waals surface area contributed by atoms with Crippen molar-refractivity contribution >= 4 is 22.8 Å². The molecule has 4 rings (SSSR count). The van der Waals surface area contributed by atoms with E-state index in [0.29, 0.717) is 22.4 Å². The fourth-order valence-electron chi connectivity index (χ4n) is 4.07. The van der Waals surface area contributed by atoms with E-state index in [1.54, 1.807) is 0 Å². The third-order valence-electron chi connectivity index (χ3n) is 5.75. The van der Waals surface area contributed by atoms with Gasteiger partial charge in [0.15, 0.2) is 0 Å². The molecular weight excluding hydrogens is 426 g/mol. The van der Waals surface area contributed by atoms with Gasteiger partial charge in [-0.15, -0.1) is 0 Å². The summed E-state index contributed by atoms with van der Waals surface area (Å²) in [5.74, 6) is -0.143. The number of amides is 1. The van der Waals surface area contributed by atoms with Gasteiger partial charge in [-0.3, -0.25) is 4.79 Å². The summed E-state index contributed by atoms with van der Waals surface area (Å²) in [4.78, 5) is 25.2. The highest BCUT2D eigenvalue weighted by Gasteiger charge is 2.21. The number of carbonyl (C=O) groups is 2. The number of hydrogen-bond acceptors (Lipinski definition) is 4. The molecule has 0 aromatic heterocycles. The zero-order valence-electron chi connectivity index (χ0n) is 19.1. The fourth-order valence-corrected chi connectivity index (χ4v) is 4.07. The highest BCUT2D eigenvalue weighted by atomic mass is 16.7. The lowest BCUT2D eigenvalue weighted by Gasteiger charge is -2.17. The molecular formula is C29H27NO4. The number of primary amides is 1. The van der Waals surface area contributed by atoms with Crippen LogP contribution in [0.2, 0.25) is 0 Å². The summed E-state index contributed by atoms with van der Waals surface area (Å²) in [5.41, 5.74) is 9.21. The summed E-state index contributed by atoms with van der Waals surface area (Å²) in [6, 6.07) is 26.5. The predicted molar refractivity (Wildman–Crippen MR) is 134 cm³/mol. The lowest BCUT2D eigenvalue weighted by Crippen LogP contribution is -2.15. The van der Waals surface area contributed by atoms with Crippen LogP contribution < -0.4 is 10.5 Å². The summed E-state index contributed by atoms with van der Waals surface area (Å²) in [5, 5.41) is 1.66. The molecule has 0 unspecified atom stereocenters. The molecule has 0 saturated heterocycles. The van der Waals surface area contributed by atoms with Crippen LogP contribution in [0.15, 0.2) is 84.9 Å². The minimum atomic E-state index is -0.796. The van der Waals surface area contributed by atoms with Gasteiger partial charge in [-0.05, 0) is 40.3 Å². The smallest absolute Gasteiger partial charge is 0.429 e. The number of carbonyl (C=O) groups excluding carboxylic acids is 2. The van der Waals surface area contributed by atoms with Gasteiger partial charge in [0.1, 0.15) is 12.4 Å². The van der Waals surface area contributed by atoms with E-state index in [1.807, 2.05) is 84.9 Å². The van der Waals surface area contributed by atoms with Crippen molar-refractivity contribution in [3.05, 3.63) is 102 Å². The number of ether oxygens (including phenoxy) is 2. The number of fused-ring (bicyclic) bond motifs is 1. The van der Waals surface area contributed by atoms with Crippen LogP contribution in [0.4, 0.5) is 4.79 Å². The minimum absolute atomic E-state index is 0.106. The van der Waals surface area contributed by atoms with E-state index >= 15 is 0 Å². The summed E-state index contributed by atoms with van der Waals surface area (Å²) < 4.78 is 11.2. The number of para-hydroxylation sites is 1. The molecule has 0 spiro atoms. The zero-order valence-corrected chi connectivity index (χ0v) is 19.1. The molecule has 172 valence electrons. The van der Waals surface area contributed by atoms with Crippen LogP contribution in [-0.2, 0) is 17.8 Å². The molecule has 0 aliphatic heterocycles. The average Bonchev–Trinajstić information content (AvgIpc) is 2.86. The summed E-state index contributed by atoms with van der Waals surface area (Å²) >= 11 is 0. The Kier molecular flexibility index (Phi) is 7.23. The molecule has 2 N–H and O–H groups in total. The first-order chi connectivity index (χ1) is 16.6. The molecule has 5 nitrogen and oxygen atoms in total. The molecule has 0 fully saturated rings. The molecule has 0 bridgehead atoms. The van der Waals surface area contributed by atoms with Crippen LogP contribution in [0.3, 0.4) is 0 Å². The summed E-state index contributed by atoms with van der Waals surface area (Å²) in [6.45, 7) is 2.21. The van der Waals surface area contributed by atoms with Crippen molar-refractivity contribution < 1.29 is 19.1 Å². The lowest BCUT2D eigenvalue weighted by atomic mass is 9.91. The Morgan fingerprint density at radius 2 is 1.59 bits per heavy atom. The van der Waals surface area contributed by atoms with E-state index in [9.17, 15) is 9.59 Å². The van der Waals surface area contributed by atoms with Gasteiger partial charge < -0.3 is 15.2 Å². The predicted octanol–water partition coefficient (Wildman–Crippen LogP) is 6.66. The second-order valence-electron chi connectivity index (χ2n) is 8.10. The van der Waals surface area contributed by atoms with Crippen molar-refractivity contribution in [3.63, 3.8) is 0 Å². The normalized spacial score (nSPS) is 10.7. The average molecular weight is 454 g/mol. The van der Waals surface area contributed by atoms with Crippen LogP contribution in [0.5, 0.6) is 5.75 Å². The van der Waals surface area contributed by atoms with Gasteiger partial charge >= 0.3 is 6.16 Å². The van der Waals surface area contributed by atoms with E-state index in [4.69, 9.17) is 15.2 Å². The maximum atomic E-state index is 12.7. The van der Waals surface area contributed by atoms with Crippen LogP contribution in [-0.4, -0.2) is 12.1 Å². The SMILES string of the molecule is CCCCc1cccc(-c2ccc3ccccc3c2C(N)=O)c1OC(=O)OCc1ccccc1. The standard InChI is InChI=1S/C29H27NO4/c1-2-3-12-22-14-9-16-25(27(22)34-29(32)33-19-20-10-5-4-6-11-20)24-18-17-21-13-7-8-15-23(21)26(24)28(30)31/h4-11,13-18H,2-3,12,19H2,1H3,(H2,30,31). The number of hydrogen-bond donors (Lipinski definition) is 1. The van der Waals surface area contributed by atoms with Crippen LogP contribution in [0, 0.1) is 0 Å². The van der Waals surface area contributed by atoms with Crippen molar-refractivity contribution in [1.82, 2.24) is 0 Å². The summed E-state index contributed by atoms with van der Waals surface area (Å²) in [7, 11) is 0. The first-order valence-corrected chi connectivity index (χ1v) is 11.4. The fraction of sp³-hybridized carbons (Fsp3) is 0.172. The molecule has 4 aromatic rings. The van der Waals surface area contributed by atoms with Crippen LogP contribution in [0.25, 0.3) is 21.9 Å². The molecule has 0 heterocycles. The van der Waals surface area contributed by atoms with Crippen LogP contribution in [0.1, 0.15) is 41.3 Å². The molecule has 0 aliphatic carbocycles. The molecule has 0 atom stereocenters. The van der Waals surface area contributed by atoms with Crippen molar-refractivity contribution in [2.24, 2.45) is 5.73 Å². The van der Waals surface area contributed by atoms with Crippen molar-refractivity contribution in [1.29, 1.82) is 0 Å². The van der Waals surface area contributed by atoms with E-state index in [1.165, 1.54) is 0 Å². The monoisotopic (exact) mass is 453 g/mol. The number of unbranched alkanes of at least 4 members (excludes halogenated alkanes) is 1. The Labute approximate surface area is 199 Å². The molecule has 1 amide bonds. The Bertz CT molecular complexity index is 1310. The van der Waals surface area contributed by atoms with Gasteiger partial charge in [0, 0.05) is 5.56 Å². The largest absolute Gasteiger partial charge is 0.514 e. The Morgan fingerprint density at radius 1 is 0.824 bits per heavy atom. The topological polar surface area (TPSA) is 78.6 Å². The third-order valence-corrected chi connectivity index (χ3v) is 5.75. The van der Waals surface area contributed by atoms with Gasteiger partial charge in [0.2, 0.25) is 5.91 Å². The lowest BCUT2D eigenvalue weighted by molar-refractivity contribution is 0.0925. The van der Waals surface area contributed by atoms with E-state index in [0.717, 1.165) is 41.2 Å². The number of rotatable bonds is 8. The Morgan fingerprint density at radius 3 is 2.35 bits per heavy atom. The summed E-state index contributed by atoms with van der Waals surface area (Å²) in [6.07, 6.45) is 1.85. The molecule has 0 radical (unpaired) electrons. The van der Waals surface area contributed by atoms with Gasteiger partial charge in [-0.25, -0.2) is 4.79 Å². The first-order valence-electron chi connectivity index (χ1n) is 11.4. The maximum absolute atomic E-state index is 12.7. The third kappa shape index (κ3) is 5.09. The Hall–Kier alpha value is -4.12. The van der Waals surface area contributed by atoms with Gasteiger partial charge in [0.05, 0.1) is 5.56 Å². The highest BCUT2D eigenvalue weighted by Crippen LogP contribution is 2.38. The van der Waals surface area contributed by atoms with Gasteiger partial charge in [-0.1, -0.05) is 98.3 Å². The van der Waals surface area contributed by atoms with Gasteiger partial charge in [-0.2, -0.15) is 0 Å². The molecule has 34 heavy (non-hydrogen) atoms. The number of aryl methyl sites for hydroxylation is 1. The number of nitrogens with two attached hydrogens (primary N) is 1. The van der Waals surface area contributed by atoms with Gasteiger partial charge in [0.25, 0.3) is 0 Å². The van der Waals surface area contributed by atoms with Crippen molar-refractivity contribution in [2.75, 3.05) is 0 Å². The minimum Gasteiger partial charge on any atom is -0.429 e. The van der Waals surface area contributed by atoms with E-state index < -0.39 is 12.1 Å². The zero-order chi connectivity index (χ0) is 23.9. The van der Waals surface area contributed by atoms with Crippen molar-refractivity contribution in [3.8, 4) is 16.9 Å². The van der Waals surface area contributed by atoms with Crippen molar-refractivity contribution in [2.45, 2.75) is 32.8 Å². The maximum Gasteiger partial charge on any atom is 0.514 e. The molecule has 5 heteroatoms.